The summed E-state index contributed by atoms with van der Waals surface area (Å²) in [4.78, 5) is 18.8. The van der Waals surface area contributed by atoms with E-state index in [2.05, 4.69) is 44.8 Å². The lowest BCUT2D eigenvalue weighted by Gasteiger charge is -2.39. The van der Waals surface area contributed by atoms with Crippen molar-refractivity contribution in [1.82, 2.24) is 20.5 Å². The maximum absolute atomic E-state index is 11.7. The molecule has 1 aromatic heterocycles. The number of likely N-dealkylation sites (tertiary alicyclic amines) is 1. The van der Waals surface area contributed by atoms with Crippen molar-refractivity contribution in [3.8, 4) is 0 Å². The molecule has 2 aliphatic rings. The van der Waals surface area contributed by atoms with Crippen LogP contribution in [0.25, 0.3) is 10.9 Å². The Morgan fingerprint density at radius 2 is 2.29 bits per heavy atom. The zero-order valence-electron chi connectivity index (χ0n) is 14.1. The minimum atomic E-state index is -0.0743. The second kappa shape index (κ2) is 6.15. The van der Waals surface area contributed by atoms with Crippen molar-refractivity contribution in [2.45, 2.75) is 25.4 Å². The van der Waals surface area contributed by atoms with Crippen LogP contribution in [0.15, 0.2) is 36.5 Å². The Bertz CT molecular complexity index is 757. The van der Waals surface area contributed by atoms with E-state index in [1.54, 1.807) is 6.92 Å². The molecule has 0 aliphatic carbocycles. The van der Waals surface area contributed by atoms with E-state index in [0.717, 1.165) is 44.7 Å². The number of hydrogen-bond acceptors (Lipinski definition) is 4. The Labute approximate surface area is 142 Å². The van der Waals surface area contributed by atoms with Gasteiger partial charge in [0.25, 0.3) is 0 Å². The van der Waals surface area contributed by atoms with Crippen molar-refractivity contribution in [1.29, 1.82) is 0 Å². The lowest BCUT2D eigenvalue weighted by atomic mass is 9.81. The molecule has 5 heteroatoms. The fraction of sp³-hybridized carbons (Fsp3) is 0.474. The molecule has 2 atom stereocenters. The van der Waals surface area contributed by atoms with Gasteiger partial charge in [0, 0.05) is 50.6 Å². The molecule has 4 rings (SSSR count). The predicted molar refractivity (Wildman–Crippen MR) is 94.5 cm³/mol. The van der Waals surface area contributed by atoms with E-state index >= 15 is 0 Å². The molecule has 5 nitrogen and oxygen atoms in total. The number of amides is 1. The molecule has 0 unspecified atom stereocenters. The van der Waals surface area contributed by atoms with Gasteiger partial charge in [0.15, 0.2) is 0 Å². The monoisotopic (exact) mass is 324 g/mol. The number of aromatic nitrogens is 1. The Balaban J connectivity index is 1.58. The first-order chi connectivity index (χ1) is 11.7. The van der Waals surface area contributed by atoms with E-state index in [0.29, 0.717) is 5.92 Å². The van der Waals surface area contributed by atoms with Crippen LogP contribution < -0.4 is 10.6 Å². The summed E-state index contributed by atoms with van der Waals surface area (Å²) in [5.74, 6) is 0.550. The average Bonchev–Trinajstić information content (AvgIpc) is 2.92. The number of nitrogens with zero attached hydrogens (tertiary/aromatic N) is 2. The van der Waals surface area contributed by atoms with Gasteiger partial charge >= 0.3 is 0 Å². The van der Waals surface area contributed by atoms with Gasteiger partial charge in [-0.2, -0.15) is 0 Å². The fourth-order valence-electron chi connectivity index (χ4n) is 4.42. The Morgan fingerprint density at radius 3 is 3.17 bits per heavy atom. The van der Waals surface area contributed by atoms with Gasteiger partial charge in [-0.3, -0.25) is 14.7 Å². The van der Waals surface area contributed by atoms with Crippen LogP contribution in [-0.2, 0) is 11.3 Å². The molecule has 0 radical (unpaired) electrons. The number of carbonyl (C=O) groups excluding carboxylic acids is 1. The van der Waals surface area contributed by atoms with Gasteiger partial charge in [0.05, 0.1) is 11.1 Å². The first-order valence-electron chi connectivity index (χ1n) is 8.71. The quantitative estimate of drug-likeness (QED) is 0.899. The number of rotatable bonds is 3. The van der Waals surface area contributed by atoms with Gasteiger partial charge in [-0.1, -0.05) is 24.3 Å². The highest BCUT2D eigenvalue weighted by atomic mass is 16.1. The van der Waals surface area contributed by atoms with Crippen LogP contribution in [0.5, 0.6) is 0 Å². The molecule has 1 amide bonds. The lowest BCUT2D eigenvalue weighted by Crippen LogP contribution is -2.60. The number of piperidine rings is 1. The highest BCUT2D eigenvalue weighted by molar-refractivity contribution is 5.81. The summed E-state index contributed by atoms with van der Waals surface area (Å²) in [5, 5.41) is 7.94. The molecule has 1 aromatic carbocycles. The smallest absolute Gasteiger partial charge is 0.217 e. The van der Waals surface area contributed by atoms with E-state index < -0.39 is 0 Å². The van der Waals surface area contributed by atoms with Crippen molar-refractivity contribution in [3.05, 3.63) is 42.1 Å². The molecule has 2 fully saturated rings. The summed E-state index contributed by atoms with van der Waals surface area (Å²) >= 11 is 0. The minimum Gasteiger partial charge on any atom is -0.349 e. The second-order valence-corrected chi connectivity index (χ2v) is 7.15. The summed E-state index contributed by atoms with van der Waals surface area (Å²) in [5.41, 5.74) is 2.27. The van der Waals surface area contributed by atoms with Gasteiger partial charge in [-0.15, -0.1) is 0 Å². The summed E-state index contributed by atoms with van der Waals surface area (Å²) in [7, 11) is 0. The maximum atomic E-state index is 11.7. The van der Waals surface area contributed by atoms with Crippen molar-refractivity contribution in [2.24, 2.45) is 5.92 Å². The van der Waals surface area contributed by atoms with Gasteiger partial charge in [0.2, 0.25) is 5.91 Å². The molecule has 0 saturated carbocycles. The standard InChI is InChI=1S/C19H24N4O/c1-14(24)22-19-7-9-20-10-17(19)12-23(13-19)11-16-5-2-4-15-6-3-8-21-18(15)16/h2-6,8,17,20H,7,9-13H2,1H3,(H,22,24)/t17-,19-/m1/s1. The van der Waals surface area contributed by atoms with Gasteiger partial charge < -0.3 is 10.6 Å². The summed E-state index contributed by atoms with van der Waals surface area (Å²) in [6.07, 6.45) is 2.86. The molecule has 3 heterocycles. The first-order valence-corrected chi connectivity index (χ1v) is 8.71. The fourth-order valence-corrected chi connectivity index (χ4v) is 4.42. The van der Waals surface area contributed by atoms with Crippen LogP contribution >= 0.6 is 0 Å². The van der Waals surface area contributed by atoms with Crippen LogP contribution in [-0.4, -0.2) is 47.5 Å². The normalized spacial score (nSPS) is 27.1. The van der Waals surface area contributed by atoms with E-state index in [4.69, 9.17) is 0 Å². The highest BCUT2D eigenvalue weighted by Crippen LogP contribution is 2.34. The molecule has 2 saturated heterocycles. The third kappa shape index (κ3) is 2.78. The highest BCUT2D eigenvalue weighted by Gasteiger charge is 2.48. The zero-order valence-corrected chi connectivity index (χ0v) is 14.1. The summed E-state index contributed by atoms with van der Waals surface area (Å²) in [6, 6.07) is 10.5. The van der Waals surface area contributed by atoms with Crippen LogP contribution in [0.3, 0.4) is 0 Å². The Kier molecular flexibility index (Phi) is 3.98. The molecule has 2 aromatic rings. The average molecular weight is 324 g/mol. The topological polar surface area (TPSA) is 57.3 Å². The van der Waals surface area contributed by atoms with Crippen LogP contribution in [0.2, 0.25) is 0 Å². The molecule has 2 N–H and O–H groups in total. The van der Waals surface area contributed by atoms with Crippen molar-refractivity contribution in [2.75, 3.05) is 26.2 Å². The summed E-state index contributed by atoms with van der Waals surface area (Å²) in [6.45, 7) is 6.39. The largest absolute Gasteiger partial charge is 0.349 e. The maximum Gasteiger partial charge on any atom is 0.217 e. The number of nitrogens with one attached hydrogen (secondary N) is 2. The number of hydrogen-bond donors (Lipinski definition) is 2. The number of pyridine rings is 1. The van der Waals surface area contributed by atoms with E-state index in [1.807, 2.05) is 12.3 Å². The van der Waals surface area contributed by atoms with Crippen molar-refractivity contribution < 1.29 is 4.79 Å². The minimum absolute atomic E-state index is 0.0743. The van der Waals surface area contributed by atoms with Crippen LogP contribution in [0, 0.1) is 5.92 Å². The third-order valence-corrected chi connectivity index (χ3v) is 5.44. The molecular weight excluding hydrogens is 300 g/mol. The predicted octanol–water partition coefficient (Wildman–Crippen LogP) is 1.53. The molecule has 0 bridgehead atoms. The Hall–Kier alpha value is -1.98. The number of para-hydroxylation sites is 1. The molecule has 126 valence electrons. The molecule has 24 heavy (non-hydrogen) atoms. The van der Waals surface area contributed by atoms with E-state index in [1.165, 1.54) is 10.9 Å². The number of benzene rings is 1. The van der Waals surface area contributed by atoms with E-state index in [-0.39, 0.29) is 11.4 Å². The first kappa shape index (κ1) is 15.5. The molecular formula is C19H24N4O. The van der Waals surface area contributed by atoms with Gasteiger partial charge in [0.1, 0.15) is 0 Å². The van der Waals surface area contributed by atoms with Crippen molar-refractivity contribution >= 4 is 16.8 Å². The van der Waals surface area contributed by atoms with Crippen molar-refractivity contribution in [3.63, 3.8) is 0 Å². The second-order valence-electron chi connectivity index (χ2n) is 7.15. The number of fused-ring (bicyclic) bond motifs is 2. The summed E-state index contributed by atoms with van der Waals surface area (Å²) < 4.78 is 0. The number of carbonyl (C=O) groups is 1. The van der Waals surface area contributed by atoms with Crippen LogP contribution in [0.1, 0.15) is 18.9 Å². The van der Waals surface area contributed by atoms with E-state index in [9.17, 15) is 4.79 Å². The molecule has 2 aliphatic heterocycles. The lowest BCUT2D eigenvalue weighted by molar-refractivity contribution is -0.121. The van der Waals surface area contributed by atoms with Gasteiger partial charge in [-0.05, 0) is 24.6 Å². The Morgan fingerprint density at radius 1 is 1.42 bits per heavy atom. The zero-order chi connectivity index (χ0) is 16.6. The van der Waals surface area contributed by atoms with Gasteiger partial charge in [-0.25, -0.2) is 0 Å². The van der Waals surface area contributed by atoms with Crippen LogP contribution in [0.4, 0.5) is 0 Å². The SMILES string of the molecule is CC(=O)N[C@@]12CCNC[C@@H]1CN(Cc1cccc3cccnc13)C2. The third-order valence-electron chi connectivity index (χ3n) is 5.44. The molecule has 0 spiro atoms.